The number of carbonyl (C=O) groups excluding carboxylic acids is 2. The van der Waals surface area contributed by atoms with Crippen LogP contribution in [0, 0.1) is 13.7 Å². The van der Waals surface area contributed by atoms with Crippen LogP contribution in [0.15, 0.2) is 12.1 Å². The van der Waals surface area contributed by atoms with E-state index in [1.165, 1.54) is 6.07 Å². The number of nitrogens with two attached hydrogens (primary N) is 1. The maximum absolute atomic E-state index is 10.9. The van der Waals surface area contributed by atoms with E-state index < -0.39 is 10.8 Å². The van der Waals surface area contributed by atoms with Crippen LogP contribution < -0.4 is 5.73 Å². The zero-order valence-electron chi connectivity index (χ0n) is 7.27. The summed E-state index contributed by atoms with van der Waals surface area (Å²) in [5, 5.41) is 10.6. The molecule has 0 heterocycles. The lowest BCUT2D eigenvalue weighted by Crippen LogP contribution is -2.14. The first kappa shape index (κ1) is 11.6. The third-order valence-corrected chi connectivity index (χ3v) is 2.57. The topological polar surface area (TPSA) is 103 Å². The number of benzene rings is 1. The summed E-state index contributed by atoms with van der Waals surface area (Å²) in [5.74, 6) is -0.864. The van der Waals surface area contributed by atoms with E-state index in [1.807, 2.05) is 0 Å². The Labute approximate surface area is 97.7 Å². The zero-order valence-corrected chi connectivity index (χ0v) is 9.43. The van der Waals surface area contributed by atoms with Crippen molar-refractivity contribution in [2.24, 2.45) is 5.73 Å². The van der Waals surface area contributed by atoms with Crippen LogP contribution in [-0.4, -0.2) is 17.1 Å². The number of carbonyl (C=O) groups is 2. The monoisotopic (exact) mass is 320 g/mol. The fourth-order valence-electron chi connectivity index (χ4n) is 1.03. The number of aldehydes is 1. The van der Waals surface area contributed by atoms with Crippen LogP contribution in [0.3, 0.4) is 0 Å². The third-order valence-electron chi connectivity index (χ3n) is 1.71. The van der Waals surface area contributed by atoms with Crippen molar-refractivity contribution in [3.63, 3.8) is 0 Å². The molecule has 78 valence electrons. The molecule has 0 aliphatic rings. The predicted molar refractivity (Wildman–Crippen MR) is 59.7 cm³/mol. The van der Waals surface area contributed by atoms with Crippen LogP contribution in [0.4, 0.5) is 5.69 Å². The highest BCUT2D eigenvalue weighted by Crippen LogP contribution is 2.24. The van der Waals surface area contributed by atoms with Crippen molar-refractivity contribution in [2.75, 3.05) is 0 Å². The van der Waals surface area contributed by atoms with Gasteiger partial charge in [-0.2, -0.15) is 0 Å². The molecular formula is C8H5IN2O4. The smallest absolute Gasteiger partial charge is 0.283 e. The molecule has 6 nitrogen and oxygen atoms in total. The first-order chi connectivity index (χ1) is 6.97. The lowest BCUT2D eigenvalue weighted by atomic mass is 10.1. The molecule has 1 aromatic carbocycles. The highest BCUT2D eigenvalue weighted by atomic mass is 127. The van der Waals surface area contributed by atoms with Crippen molar-refractivity contribution < 1.29 is 14.5 Å². The maximum Gasteiger partial charge on any atom is 0.283 e. The number of hydrogen-bond acceptors (Lipinski definition) is 4. The number of halogens is 1. The molecule has 0 aliphatic heterocycles. The summed E-state index contributed by atoms with van der Waals surface area (Å²) in [4.78, 5) is 31.4. The van der Waals surface area contributed by atoms with Crippen LogP contribution in [0.25, 0.3) is 0 Å². The van der Waals surface area contributed by atoms with Crippen molar-refractivity contribution in [3.8, 4) is 0 Å². The number of nitrogens with zero attached hydrogens (tertiary/aromatic N) is 1. The molecule has 0 bridgehead atoms. The fraction of sp³-hybridized carbons (Fsp3) is 0. The normalized spacial score (nSPS) is 9.67. The molecule has 0 atom stereocenters. The third kappa shape index (κ3) is 2.29. The fourth-order valence-corrected chi connectivity index (χ4v) is 1.72. The molecule has 1 amide bonds. The molecule has 7 heteroatoms. The van der Waals surface area contributed by atoms with E-state index >= 15 is 0 Å². The van der Waals surface area contributed by atoms with E-state index in [4.69, 9.17) is 5.73 Å². The van der Waals surface area contributed by atoms with Gasteiger partial charge in [0.15, 0.2) is 6.29 Å². The Kier molecular flexibility index (Phi) is 3.35. The first-order valence-electron chi connectivity index (χ1n) is 3.70. The highest BCUT2D eigenvalue weighted by Gasteiger charge is 2.18. The molecule has 0 aromatic heterocycles. The highest BCUT2D eigenvalue weighted by molar-refractivity contribution is 14.1. The minimum atomic E-state index is -0.864. The average Bonchev–Trinajstić information content (AvgIpc) is 2.16. The molecule has 0 fully saturated rings. The Morgan fingerprint density at radius 2 is 2.13 bits per heavy atom. The van der Waals surface area contributed by atoms with Crippen LogP contribution in [0.5, 0.6) is 0 Å². The van der Waals surface area contributed by atoms with Gasteiger partial charge in [-0.1, -0.05) is 0 Å². The van der Waals surface area contributed by atoms with Gasteiger partial charge in [0.1, 0.15) is 0 Å². The first-order valence-corrected chi connectivity index (χ1v) is 4.78. The van der Waals surface area contributed by atoms with Gasteiger partial charge in [-0.15, -0.1) is 0 Å². The Morgan fingerprint density at radius 1 is 1.53 bits per heavy atom. The molecule has 0 unspecified atom stereocenters. The maximum atomic E-state index is 10.9. The minimum Gasteiger partial charge on any atom is -0.366 e. The number of nitro benzene ring substituents is 1. The average molecular weight is 320 g/mol. The molecule has 15 heavy (non-hydrogen) atoms. The zero-order chi connectivity index (χ0) is 11.6. The number of nitro groups is 1. The van der Waals surface area contributed by atoms with Gasteiger partial charge in [0.05, 0.1) is 14.1 Å². The summed E-state index contributed by atoms with van der Waals surface area (Å²) in [6.45, 7) is 0. The Morgan fingerprint density at radius 3 is 2.53 bits per heavy atom. The van der Waals surface area contributed by atoms with Gasteiger partial charge >= 0.3 is 0 Å². The lowest BCUT2D eigenvalue weighted by Gasteiger charge is -2.01. The van der Waals surface area contributed by atoms with Crippen molar-refractivity contribution in [2.45, 2.75) is 0 Å². The molecule has 0 saturated carbocycles. The van der Waals surface area contributed by atoms with E-state index in [9.17, 15) is 19.7 Å². The van der Waals surface area contributed by atoms with Gasteiger partial charge < -0.3 is 5.73 Å². The predicted octanol–water partition coefficient (Wildman–Crippen LogP) is 1.11. The van der Waals surface area contributed by atoms with Gasteiger partial charge in [0.2, 0.25) is 5.91 Å². The second kappa shape index (κ2) is 4.34. The van der Waals surface area contributed by atoms with E-state index in [-0.39, 0.29) is 20.4 Å². The van der Waals surface area contributed by atoms with E-state index in [0.29, 0.717) is 6.29 Å². The molecule has 1 rings (SSSR count). The summed E-state index contributed by atoms with van der Waals surface area (Å²) < 4.78 is 0.282. The van der Waals surface area contributed by atoms with E-state index in [0.717, 1.165) is 6.07 Å². The van der Waals surface area contributed by atoms with E-state index in [2.05, 4.69) is 0 Å². The number of rotatable bonds is 3. The molecule has 2 N–H and O–H groups in total. The molecule has 0 saturated heterocycles. The molecule has 0 spiro atoms. The Bertz CT molecular complexity index is 458. The van der Waals surface area contributed by atoms with Crippen LogP contribution in [0.2, 0.25) is 0 Å². The van der Waals surface area contributed by atoms with Gasteiger partial charge in [-0.3, -0.25) is 19.7 Å². The SMILES string of the molecule is NC(=O)c1cc([N+](=O)[O-])c(I)cc1C=O. The number of hydrogen-bond donors (Lipinski definition) is 1. The van der Waals surface area contributed by atoms with Crippen molar-refractivity contribution in [1.29, 1.82) is 0 Å². The molecule has 0 aliphatic carbocycles. The van der Waals surface area contributed by atoms with Crippen LogP contribution in [0.1, 0.15) is 20.7 Å². The minimum absolute atomic E-state index is 0.0532. The van der Waals surface area contributed by atoms with Crippen molar-refractivity contribution in [3.05, 3.63) is 36.9 Å². The summed E-state index contributed by atoms with van der Waals surface area (Å²) in [7, 11) is 0. The standard InChI is InChI=1S/C8H5IN2O4/c9-6-1-4(3-12)5(8(10)13)2-7(6)11(14)15/h1-3H,(H2,10,13). The summed E-state index contributed by atoms with van der Waals surface area (Å²) in [5.41, 5.74) is 4.66. The van der Waals surface area contributed by atoms with Gasteiger partial charge in [0.25, 0.3) is 5.69 Å². The molecule has 1 aromatic rings. The molecular weight excluding hydrogens is 315 g/mol. The summed E-state index contributed by atoms with van der Waals surface area (Å²) >= 11 is 1.71. The lowest BCUT2D eigenvalue weighted by molar-refractivity contribution is -0.385. The van der Waals surface area contributed by atoms with Gasteiger partial charge in [-0.05, 0) is 28.7 Å². The largest absolute Gasteiger partial charge is 0.366 e. The second-order valence-electron chi connectivity index (χ2n) is 2.63. The summed E-state index contributed by atoms with van der Waals surface area (Å²) in [6.07, 6.45) is 0.436. The Balaban J connectivity index is 3.50. The molecule has 0 radical (unpaired) electrons. The van der Waals surface area contributed by atoms with Gasteiger partial charge in [-0.25, -0.2) is 0 Å². The summed E-state index contributed by atoms with van der Waals surface area (Å²) in [6, 6.07) is 2.26. The van der Waals surface area contributed by atoms with Crippen molar-refractivity contribution in [1.82, 2.24) is 0 Å². The quantitative estimate of drug-likeness (QED) is 0.390. The van der Waals surface area contributed by atoms with E-state index in [1.54, 1.807) is 22.6 Å². The van der Waals surface area contributed by atoms with Gasteiger partial charge in [0, 0.05) is 11.6 Å². The van der Waals surface area contributed by atoms with Crippen LogP contribution in [-0.2, 0) is 0 Å². The Hall–Kier alpha value is -1.51. The van der Waals surface area contributed by atoms with Crippen LogP contribution >= 0.6 is 22.6 Å². The number of primary amides is 1. The van der Waals surface area contributed by atoms with Crippen molar-refractivity contribution >= 4 is 40.5 Å². The second-order valence-corrected chi connectivity index (χ2v) is 3.79. The number of amides is 1.